The summed E-state index contributed by atoms with van der Waals surface area (Å²) in [6.45, 7) is 12.6. The molecule has 0 aliphatic rings. The fourth-order valence-electron chi connectivity index (χ4n) is 4.11. The molecule has 5 heteroatoms. The lowest BCUT2D eigenvalue weighted by Crippen LogP contribution is -2.36. The van der Waals surface area contributed by atoms with Gasteiger partial charge < -0.3 is 9.80 Å². The van der Waals surface area contributed by atoms with Crippen molar-refractivity contribution < 1.29 is 0 Å². The number of hydrogen-bond acceptors (Lipinski definition) is 4. The van der Waals surface area contributed by atoms with Gasteiger partial charge in [0, 0.05) is 40.7 Å². The molecule has 0 unspecified atom stereocenters. The van der Waals surface area contributed by atoms with Crippen molar-refractivity contribution >= 4 is 11.8 Å². The van der Waals surface area contributed by atoms with Crippen LogP contribution in [0.2, 0.25) is 0 Å². The summed E-state index contributed by atoms with van der Waals surface area (Å²) in [6.07, 6.45) is 5.05. The van der Waals surface area contributed by atoms with Crippen LogP contribution < -0.4 is 15.4 Å². The van der Waals surface area contributed by atoms with Crippen molar-refractivity contribution in [3.63, 3.8) is 0 Å². The van der Waals surface area contributed by atoms with E-state index < -0.39 is 0 Å². The summed E-state index contributed by atoms with van der Waals surface area (Å²) >= 11 is 0. The predicted octanol–water partition coefficient (Wildman–Crippen LogP) is 4.77. The summed E-state index contributed by atoms with van der Waals surface area (Å²) in [7, 11) is 5.83. The Labute approximate surface area is 182 Å². The highest BCUT2D eigenvalue weighted by molar-refractivity contribution is 5.53. The Morgan fingerprint density at radius 3 is 1.93 bits per heavy atom. The minimum atomic E-state index is 0.0565. The van der Waals surface area contributed by atoms with Gasteiger partial charge in [-0.05, 0) is 50.3 Å². The maximum atomic E-state index is 13.5. The molecule has 0 N–H and O–H groups in total. The van der Waals surface area contributed by atoms with Crippen LogP contribution in [-0.4, -0.2) is 36.7 Å². The number of hydrogen-bond donors (Lipinski definition) is 0. The normalized spacial score (nSPS) is 11.1. The van der Waals surface area contributed by atoms with Crippen molar-refractivity contribution in [3.8, 4) is 0 Å². The lowest BCUT2D eigenvalue weighted by molar-refractivity contribution is 0.636. The molecule has 166 valence electrons. The topological polar surface area (TPSA) is 41.4 Å². The molecule has 5 nitrogen and oxygen atoms in total. The van der Waals surface area contributed by atoms with E-state index in [1.807, 2.05) is 26.0 Å². The Hall–Kier alpha value is -2.30. The molecule has 0 saturated heterocycles. The first kappa shape index (κ1) is 24.0. The number of aryl methyl sites for hydroxylation is 3. The first-order valence-corrected chi connectivity index (χ1v) is 11.3. The number of benzene rings is 1. The second kappa shape index (κ2) is 10.6. The number of rotatable bonds is 10. The molecule has 1 aromatic carbocycles. The Balaban J connectivity index is 2.58. The van der Waals surface area contributed by atoms with Gasteiger partial charge in [0.15, 0.2) is 0 Å². The molecular weight excluding hydrogens is 372 g/mol. The van der Waals surface area contributed by atoms with Crippen molar-refractivity contribution in [2.24, 2.45) is 7.05 Å². The van der Waals surface area contributed by atoms with Gasteiger partial charge >= 0.3 is 0 Å². The summed E-state index contributed by atoms with van der Waals surface area (Å²) in [5.74, 6) is 1.57. The molecular formula is C25H40N4O. The Kier molecular flexibility index (Phi) is 8.51. The standard InChI is InChI=1S/C25H40N4O/c1-9-11-13-29(14-12-10-2)25-26-23(27(6)7)22(24(30)28(25)8)17-21-19(4)15-18(3)16-20(21)5/h15-16H,9-14,17H2,1-8H3. The van der Waals surface area contributed by atoms with Crippen LogP contribution in [0.4, 0.5) is 11.8 Å². The van der Waals surface area contributed by atoms with Crippen molar-refractivity contribution in [3.05, 3.63) is 50.3 Å². The van der Waals surface area contributed by atoms with E-state index in [9.17, 15) is 4.79 Å². The van der Waals surface area contributed by atoms with Gasteiger partial charge in [-0.25, -0.2) is 0 Å². The molecule has 0 bridgehead atoms. The minimum absolute atomic E-state index is 0.0565. The second-order valence-electron chi connectivity index (χ2n) is 8.72. The van der Waals surface area contributed by atoms with Crippen molar-refractivity contribution in [2.45, 2.75) is 66.7 Å². The van der Waals surface area contributed by atoms with E-state index >= 15 is 0 Å². The zero-order chi connectivity index (χ0) is 22.4. The van der Waals surface area contributed by atoms with Crippen LogP contribution in [0.25, 0.3) is 0 Å². The summed E-state index contributed by atoms with van der Waals surface area (Å²) in [4.78, 5) is 22.8. The molecule has 0 spiro atoms. The average molecular weight is 413 g/mol. The molecule has 0 saturated carbocycles. The Morgan fingerprint density at radius 2 is 1.47 bits per heavy atom. The molecule has 0 amide bonds. The van der Waals surface area contributed by atoms with E-state index in [0.29, 0.717) is 6.42 Å². The first-order valence-electron chi connectivity index (χ1n) is 11.3. The van der Waals surface area contributed by atoms with Crippen LogP contribution in [0.15, 0.2) is 16.9 Å². The smallest absolute Gasteiger partial charge is 0.260 e. The molecule has 1 heterocycles. The summed E-state index contributed by atoms with van der Waals surface area (Å²) in [6, 6.07) is 4.39. The Morgan fingerprint density at radius 1 is 0.933 bits per heavy atom. The van der Waals surface area contributed by atoms with E-state index in [0.717, 1.165) is 56.1 Å². The number of aromatic nitrogens is 2. The maximum absolute atomic E-state index is 13.5. The number of unbranched alkanes of at least 4 members (excludes halogenated alkanes) is 2. The van der Waals surface area contributed by atoms with Crippen molar-refractivity contribution in [1.29, 1.82) is 0 Å². The molecule has 0 atom stereocenters. The minimum Gasteiger partial charge on any atom is -0.362 e. The quantitative estimate of drug-likeness (QED) is 0.564. The largest absolute Gasteiger partial charge is 0.362 e. The third kappa shape index (κ3) is 5.44. The molecule has 0 fully saturated rings. The molecule has 0 aliphatic heterocycles. The third-order valence-corrected chi connectivity index (χ3v) is 5.80. The van der Waals surface area contributed by atoms with Gasteiger partial charge in [-0.2, -0.15) is 4.98 Å². The zero-order valence-corrected chi connectivity index (χ0v) is 20.3. The highest BCUT2D eigenvalue weighted by Crippen LogP contribution is 2.25. The monoisotopic (exact) mass is 412 g/mol. The second-order valence-corrected chi connectivity index (χ2v) is 8.72. The highest BCUT2D eigenvalue weighted by atomic mass is 16.1. The predicted molar refractivity (Wildman–Crippen MR) is 129 cm³/mol. The highest BCUT2D eigenvalue weighted by Gasteiger charge is 2.21. The van der Waals surface area contributed by atoms with Gasteiger partial charge in [-0.3, -0.25) is 9.36 Å². The van der Waals surface area contributed by atoms with Gasteiger partial charge in [0.2, 0.25) is 5.95 Å². The van der Waals surface area contributed by atoms with Crippen LogP contribution in [0.5, 0.6) is 0 Å². The van der Waals surface area contributed by atoms with Gasteiger partial charge in [-0.15, -0.1) is 0 Å². The van der Waals surface area contributed by atoms with Crippen LogP contribution in [0.3, 0.4) is 0 Å². The van der Waals surface area contributed by atoms with E-state index in [1.165, 1.54) is 22.3 Å². The van der Waals surface area contributed by atoms with Crippen LogP contribution >= 0.6 is 0 Å². The molecule has 2 aromatic rings. The average Bonchev–Trinajstić information content (AvgIpc) is 2.68. The van der Waals surface area contributed by atoms with Gasteiger partial charge in [0.1, 0.15) is 5.82 Å². The molecule has 1 aromatic heterocycles. The van der Waals surface area contributed by atoms with Crippen molar-refractivity contribution in [2.75, 3.05) is 37.0 Å². The fourth-order valence-corrected chi connectivity index (χ4v) is 4.11. The van der Waals surface area contributed by atoms with E-state index in [1.54, 1.807) is 4.57 Å². The van der Waals surface area contributed by atoms with Crippen LogP contribution in [0, 0.1) is 20.8 Å². The van der Waals surface area contributed by atoms with E-state index in [-0.39, 0.29) is 5.56 Å². The van der Waals surface area contributed by atoms with Crippen LogP contribution in [0.1, 0.15) is 67.3 Å². The van der Waals surface area contributed by atoms with E-state index in [2.05, 4.69) is 51.7 Å². The molecule has 0 radical (unpaired) electrons. The molecule has 2 rings (SSSR count). The molecule has 0 aliphatic carbocycles. The fraction of sp³-hybridized carbons (Fsp3) is 0.600. The van der Waals surface area contributed by atoms with Gasteiger partial charge in [0.25, 0.3) is 5.56 Å². The molecule has 30 heavy (non-hydrogen) atoms. The summed E-state index contributed by atoms with van der Waals surface area (Å²) < 4.78 is 1.76. The third-order valence-electron chi connectivity index (χ3n) is 5.80. The SMILES string of the molecule is CCCCN(CCCC)c1nc(N(C)C)c(Cc2c(C)cc(C)cc2C)c(=O)n1C. The van der Waals surface area contributed by atoms with Gasteiger partial charge in [0.05, 0.1) is 5.56 Å². The van der Waals surface area contributed by atoms with E-state index in [4.69, 9.17) is 4.98 Å². The lowest BCUT2D eigenvalue weighted by Gasteiger charge is -2.28. The summed E-state index contributed by atoms with van der Waals surface area (Å²) in [5.41, 5.74) is 5.77. The lowest BCUT2D eigenvalue weighted by atomic mass is 9.94. The number of anilines is 2. The van der Waals surface area contributed by atoms with Gasteiger partial charge in [-0.1, -0.05) is 44.4 Å². The zero-order valence-electron chi connectivity index (χ0n) is 20.3. The Bertz CT molecular complexity index is 883. The summed E-state index contributed by atoms with van der Waals surface area (Å²) in [5, 5.41) is 0. The maximum Gasteiger partial charge on any atom is 0.260 e. The van der Waals surface area contributed by atoms with Crippen LogP contribution in [-0.2, 0) is 13.5 Å². The van der Waals surface area contributed by atoms with Crippen molar-refractivity contribution in [1.82, 2.24) is 9.55 Å². The first-order chi connectivity index (χ1) is 14.2. The number of nitrogens with zero attached hydrogens (tertiary/aromatic N) is 4.